The third-order valence-electron chi connectivity index (χ3n) is 4.30. The minimum absolute atomic E-state index is 0.234. The lowest BCUT2D eigenvalue weighted by Crippen LogP contribution is -2.12. The van der Waals surface area contributed by atoms with Crippen molar-refractivity contribution in [3.63, 3.8) is 0 Å². The predicted molar refractivity (Wildman–Crippen MR) is 93.1 cm³/mol. The highest BCUT2D eigenvalue weighted by molar-refractivity contribution is 5.40. The van der Waals surface area contributed by atoms with Gasteiger partial charge < -0.3 is 0 Å². The fourth-order valence-electron chi connectivity index (χ4n) is 2.93. The van der Waals surface area contributed by atoms with E-state index < -0.39 is 0 Å². The van der Waals surface area contributed by atoms with E-state index in [-0.39, 0.29) is 5.41 Å². The second-order valence-electron chi connectivity index (χ2n) is 7.18. The van der Waals surface area contributed by atoms with Gasteiger partial charge in [0.2, 0.25) is 0 Å². The van der Waals surface area contributed by atoms with Crippen molar-refractivity contribution < 1.29 is 0 Å². The second kappa shape index (κ2) is 6.47. The molecule has 0 saturated carbocycles. The van der Waals surface area contributed by atoms with Crippen molar-refractivity contribution in [2.45, 2.75) is 59.3 Å². The molecule has 0 heterocycles. The summed E-state index contributed by atoms with van der Waals surface area (Å²) in [6.07, 6.45) is 3.57. The Balaban J connectivity index is 2.07. The van der Waals surface area contributed by atoms with Gasteiger partial charge in [-0.25, -0.2) is 0 Å². The zero-order valence-corrected chi connectivity index (χ0v) is 14.2. The van der Waals surface area contributed by atoms with Crippen LogP contribution in [0.4, 0.5) is 0 Å². The van der Waals surface area contributed by atoms with E-state index in [0.29, 0.717) is 0 Å². The van der Waals surface area contributed by atoms with E-state index in [1.807, 2.05) is 0 Å². The van der Waals surface area contributed by atoms with Crippen LogP contribution in [0.15, 0.2) is 42.5 Å². The van der Waals surface area contributed by atoms with Crippen LogP contribution < -0.4 is 0 Å². The quantitative estimate of drug-likeness (QED) is 0.666. The van der Waals surface area contributed by atoms with Crippen LogP contribution in [-0.2, 0) is 18.3 Å². The first-order chi connectivity index (χ1) is 9.88. The molecule has 0 unspecified atom stereocenters. The van der Waals surface area contributed by atoms with Crippen molar-refractivity contribution in [3.05, 3.63) is 70.3 Å². The summed E-state index contributed by atoms with van der Waals surface area (Å²) in [6, 6.07) is 15.6. The van der Waals surface area contributed by atoms with Gasteiger partial charge in [-0.15, -0.1) is 0 Å². The van der Waals surface area contributed by atoms with Crippen LogP contribution >= 0.6 is 0 Å². The van der Waals surface area contributed by atoms with Crippen LogP contribution in [-0.4, -0.2) is 0 Å². The van der Waals surface area contributed by atoms with Gasteiger partial charge in [0.15, 0.2) is 0 Å². The summed E-state index contributed by atoms with van der Waals surface area (Å²) < 4.78 is 0. The minimum Gasteiger partial charge on any atom is -0.0622 e. The molecule has 21 heavy (non-hydrogen) atoms. The largest absolute Gasteiger partial charge is 0.0622 e. The first-order valence-corrected chi connectivity index (χ1v) is 8.02. The van der Waals surface area contributed by atoms with Gasteiger partial charge >= 0.3 is 0 Å². The number of rotatable bonds is 4. The molecule has 0 heteroatoms. The molecule has 0 aromatic heterocycles. The standard InChI is InChI=1S/C21H28/c1-16-14-19(21(3,4)5)15-17(2)20(16)13-9-12-18-10-7-6-8-11-18/h6-8,10-11,14-15H,9,12-13H2,1-5H3. The third kappa shape index (κ3) is 4.20. The van der Waals surface area contributed by atoms with E-state index >= 15 is 0 Å². The maximum Gasteiger partial charge on any atom is -0.0132 e. The van der Waals surface area contributed by atoms with Crippen molar-refractivity contribution in [3.8, 4) is 0 Å². The van der Waals surface area contributed by atoms with Gasteiger partial charge in [0.25, 0.3) is 0 Å². The Bertz CT molecular complexity index is 562. The average Bonchev–Trinajstić information content (AvgIpc) is 2.42. The Morgan fingerprint density at radius 2 is 1.38 bits per heavy atom. The Kier molecular flexibility index (Phi) is 4.88. The molecule has 0 fully saturated rings. The maximum atomic E-state index is 2.38. The summed E-state index contributed by atoms with van der Waals surface area (Å²) in [5.74, 6) is 0. The average molecular weight is 280 g/mol. The third-order valence-corrected chi connectivity index (χ3v) is 4.30. The highest BCUT2D eigenvalue weighted by Gasteiger charge is 2.16. The summed E-state index contributed by atoms with van der Waals surface area (Å²) in [4.78, 5) is 0. The van der Waals surface area contributed by atoms with Crippen molar-refractivity contribution in [2.75, 3.05) is 0 Å². The predicted octanol–water partition coefficient (Wildman–Crippen LogP) is 5.78. The topological polar surface area (TPSA) is 0 Å². The summed E-state index contributed by atoms with van der Waals surface area (Å²) in [5, 5.41) is 0. The number of hydrogen-bond donors (Lipinski definition) is 0. The van der Waals surface area contributed by atoms with E-state index in [1.165, 1.54) is 41.5 Å². The van der Waals surface area contributed by atoms with Crippen molar-refractivity contribution in [2.24, 2.45) is 0 Å². The molecule has 112 valence electrons. The molecule has 0 spiro atoms. The number of aryl methyl sites for hydroxylation is 3. The maximum absolute atomic E-state index is 2.38. The zero-order valence-electron chi connectivity index (χ0n) is 14.2. The molecule has 0 saturated heterocycles. The Morgan fingerprint density at radius 1 is 0.810 bits per heavy atom. The molecule has 0 radical (unpaired) electrons. The highest BCUT2D eigenvalue weighted by atomic mass is 14.2. The van der Waals surface area contributed by atoms with Gasteiger partial charge in [0.1, 0.15) is 0 Å². The van der Waals surface area contributed by atoms with Gasteiger partial charge in [0.05, 0.1) is 0 Å². The molecule has 0 N–H and O–H groups in total. The Hall–Kier alpha value is -1.56. The summed E-state index contributed by atoms with van der Waals surface area (Å²) in [7, 11) is 0. The molecular formula is C21H28. The lowest BCUT2D eigenvalue weighted by atomic mass is 9.83. The monoisotopic (exact) mass is 280 g/mol. The summed E-state index contributed by atoms with van der Waals surface area (Å²) >= 11 is 0. The smallest absolute Gasteiger partial charge is 0.0132 e. The molecule has 0 aliphatic heterocycles. The van der Waals surface area contributed by atoms with Crippen LogP contribution in [0.25, 0.3) is 0 Å². The summed E-state index contributed by atoms with van der Waals surface area (Å²) in [6.45, 7) is 11.4. The molecule has 0 amide bonds. The first-order valence-electron chi connectivity index (χ1n) is 8.02. The van der Waals surface area contributed by atoms with Gasteiger partial charge in [0, 0.05) is 0 Å². The molecule has 0 aliphatic rings. The van der Waals surface area contributed by atoms with E-state index in [0.717, 1.165) is 0 Å². The molecule has 2 aromatic carbocycles. The highest BCUT2D eigenvalue weighted by Crippen LogP contribution is 2.27. The van der Waals surface area contributed by atoms with Gasteiger partial charge in [-0.3, -0.25) is 0 Å². The molecule has 0 aliphatic carbocycles. The molecule has 2 aromatic rings. The normalized spacial score (nSPS) is 11.7. The van der Waals surface area contributed by atoms with E-state index in [1.54, 1.807) is 5.56 Å². The second-order valence-corrected chi connectivity index (χ2v) is 7.18. The van der Waals surface area contributed by atoms with Crippen molar-refractivity contribution >= 4 is 0 Å². The van der Waals surface area contributed by atoms with Crippen LogP contribution in [0, 0.1) is 13.8 Å². The van der Waals surface area contributed by atoms with Gasteiger partial charge in [-0.1, -0.05) is 63.2 Å². The lowest BCUT2D eigenvalue weighted by Gasteiger charge is -2.22. The van der Waals surface area contributed by atoms with Crippen LogP contribution in [0.1, 0.15) is 55.0 Å². The van der Waals surface area contributed by atoms with E-state index in [2.05, 4.69) is 77.1 Å². The molecule has 0 nitrogen and oxygen atoms in total. The molecule has 0 atom stereocenters. The zero-order chi connectivity index (χ0) is 15.5. The fraction of sp³-hybridized carbons (Fsp3) is 0.429. The molecule has 0 bridgehead atoms. The number of benzene rings is 2. The fourth-order valence-corrected chi connectivity index (χ4v) is 2.93. The number of hydrogen-bond acceptors (Lipinski definition) is 0. The van der Waals surface area contributed by atoms with Crippen LogP contribution in [0.2, 0.25) is 0 Å². The van der Waals surface area contributed by atoms with Crippen LogP contribution in [0.5, 0.6) is 0 Å². The Morgan fingerprint density at radius 3 is 1.90 bits per heavy atom. The van der Waals surface area contributed by atoms with E-state index in [9.17, 15) is 0 Å². The summed E-state index contributed by atoms with van der Waals surface area (Å²) in [5.41, 5.74) is 7.57. The van der Waals surface area contributed by atoms with Crippen molar-refractivity contribution in [1.82, 2.24) is 0 Å². The first kappa shape index (κ1) is 15.8. The minimum atomic E-state index is 0.234. The molecule has 2 rings (SSSR count). The van der Waals surface area contributed by atoms with Crippen molar-refractivity contribution in [1.29, 1.82) is 0 Å². The van der Waals surface area contributed by atoms with Gasteiger partial charge in [-0.05, 0) is 66.3 Å². The van der Waals surface area contributed by atoms with Gasteiger partial charge in [-0.2, -0.15) is 0 Å². The van der Waals surface area contributed by atoms with E-state index in [4.69, 9.17) is 0 Å². The molecular weight excluding hydrogens is 252 g/mol. The lowest BCUT2D eigenvalue weighted by molar-refractivity contribution is 0.588. The van der Waals surface area contributed by atoms with Crippen LogP contribution in [0.3, 0.4) is 0 Å². The SMILES string of the molecule is Cc1cc(C(C)(C)C)cc(C)c1CCCc1ccccc1. The Labute approximate surface area is 130 Å².